The lowest BCUT2D eigenvalue weighted by molar-refractivity contribution is -0.134. The van der Waals surface area contributed by atoms with Crippen LogP contribution in [-0.4, -0.2) is 47.0 Å². The number of carbonyl (C=O) groups is 2. The average molecular weight is 539 g/mol. The molecule has 2 amide bonds. The van der Waals surface area contributed by atoms with Crippen LogP contribution in [-0.2, 0) is 27.8 Å². The first-order valence-corrected chi connectivity index (χ1v) is 13.9. The van der Waals surface area contributed by atoms with E-state index in [9.17, 15) is 9.59 Å². The molecule has 198 valence electrons. The van der Waals surface area contributed by atoms with Crippen molar-refractivity contribution in [1.82, 2.24) is 9.88 Å². The second-order valence-electron chi connectivity index (χ2n) is 10.9. The van der Waals surface area contributed by atoms with Crippen molar-refractivity contribution in [3.8, 4) is 0 Å². The van der Waals surface area contributed by atoms with Crippen LogP contribution >= 0.6 is 11.6 Å². The molecule has 3 aromatic rings. The molecule has 2 heterocycles. The maximum Gasteiger partial charge on any atom is 0.250 e. The summed E-state index contributed by atoms with van der Waals surface area (Å²) in [6.07, 6.45) is 12.4. The first-order valence-electron chi connectivity index (χ1n) is 13.5. The van der Waals surface area contributed by atoms with Gasteiger partial charge in [-0.25, -0.2) is 4.98 Å². The van der Waals surface area contributed by atoms with E-state index in [1.807, 2.05) is 55.6 Å². The number of benzene rings is 2. The number of anilines is 1. The van der Waals surface area contributed by atoms with Crippen LogP contribution in [0, 0.1) is 0 Å². The molecule has 1 spiro atoms. The van der Waals surface area contributed by atoms with E-state index in [1.165, 1.54) is 11.1 Å². The molecule has 1 atom stereocenters. The molecule has 1 N–H and O–H groups in total. The van der Waals surface area contributed by atoms with Crippen molar-refractivity contribution >= 4 is 41.5 Å². The number of hydrogen-bond acceptors (Lipinski definition) is 4. The fourth-order valence-corrected chi connectivity index (χ4v) is 6.49. The normalized spacial score (nSPS) is 21.0. The highest BCUT2D eigenvalue weighted by Gasteiger charge is 2.51. The van der Waals surface area contributed by atoms with Crippen LogP contribution in [0.1, 0.15) is 53.5 Å². The smallest absolute Gasteiger partial charge is 0.250 e. The summed E-state index contributed by atoms with van der Waals surface area (Å²) in [5.41, 5.74) is 3.97. The number of carbonyl (C=O) groups excluding carboxylic acids is 2. The Kier molecular flexibility index (Phi) is 6.59. The Hall–Kier alpha value is -3.77. The lowest BCUT2D eigenvalue weighted by Crippen LogP contribution is -2.44. The highest BCUT2D eigenvalue weighted by atomic mass is 35.5. The zero-order valence-electron chi connectivity index (χ0n) is 22.0. The lowest BCUT2D eigenvalue weighted by Gasteiger charge is -2.28. The van der Waals surface area contributed by atoms with Crippen molar-refractivity contribution in [3.63, 3.8) is 0 Å². The number of amides is 2. The summed E-state index contributed by atoms with van der Waals surface area (Å²) < 4.78 is 0. The van der Waals surface area contributed by atoms with Gasteiger partial charge < -0.3 is 10.2 Å². The molecule has 6 nitrogen and oxygen atoms in total. The minimum absolute atomic E-state index is 0.0302. The Morgan fingerprint density at radius 3 is 2.72 bits per heavy atom. The minimum Gasteiger partial charge on any atom is -0.340 e. The Labute approximate surface area is 233 Å². The number of nitrogens with one attached hydrogen (secondary N) is 1. The number of aromatic nitrogens is 1. The quantitative estimate of drug-likeness (QED) is 0.413. The van der Waals surface area contributed by atoms with Gasteiger partial charge in [0.15, 0.2) is 0 Å². The van der Waals surface area contributed by atoms with Crippen LogP contribution < -0.4 is 5.32 Å². The molecule has 2 aliphatic carbocycles. The van der Waals surface area contributed by atoms with Gasteiger partial charge in [-0.2, -0.15) is 0 Å². The van der Waals surface area contributed by atoms with E-state index in [-0.39, 0.29) is 11.8 Å². The van der Waals surface area contributed by atoms with Gasteiger partial charge in [0, 0.05) is 42.2 Å². The van der Waals surface area contributed by atoms with E-state index in [4.69, 9.17) is 16.6 Å². The Bertz CT molecular complexity index is 1510. The Morgan fingerprint density at radius 2 is 1.90 bits per heavy atom. The van der Waals surface area contributed by atoms with Gasteiger partial charge in [-0.05, 0) is 54.5 Å². The van der Waals surface area contributed by atoms with Crippen molar-refractivity contribution in [2.45, 2.75) is 49.5 Å². The zero-order chi connectivity index (χ0) is 27.0. The molecule has 3 aliphatic rings. The molecule has 1 aliphatic heterocycles. The van der Waals surface area contributed by atoms with Crippen LogP contribution in [0.3, 0.4) is 0 Å². The molecule has 0 saturated heterocycles. The summed E-state index contributed by atoms with van der Waals surface area (Å²) in [4.78, 5) is 37.5. The molecule has 0 radical (unpaired) electrons. The molecule has 7 heteroatoms. The first-order chi connectivity index (χ1) is 18.9. The van der Waals surface area contributed by atoms with Gasteiger partial charge in [-0.3, -0.25) is 14.6 Å². The number of likely N-dealkylation sites (N-methyl/N-ethyl adjacent to an activating group) is 1. The van der Waals surface area contributed by atoms with Crippen molar-refractivity contribution in [2.75, 3.05) is 18.9 Å². The number of aliphatic imine (C=N–C) groups is 1. The molecule has 39 heavy (non-hydrogen) atoms. The van der Waals surface area contributed by atoms with Crippen LogP contribution in [0.25, 0.3) is 6.08 Å². The molecule has 6 rings (SSSR count). The molecule has 0 unspecified atom stereocenters. The number of nitrogens with zero attached hydrogens (tertiary/aromatic N) is 3. The number of hydrogen-bond donors (Lipinski definition) is 1. The van der Waals surface area contributed by atoms with E-state index in [0.29, 0.717) is 30.2 Å². The van der Waals surface area contributed by atoms with Crippen molar-refractivity contribution in [1.29, 1.82) is 0 Å². The number of fused-ring (bicyclic) bond motifs is 3. The predicted molar refractivity (Wildman–Crippen MR) is 155 cm³/mol. The third-order valence-corrected chi connectivity index (χ3v) is 8.77. The molecule has 0 bridgehead atoms. The topological polar surface area (TPSA) is 74.7 Å². The van der Waals surface area contributed by atoms with Crippen LogP contribution in [0.4, 0.5) is 5.82 Å². The summed E-state index contributed by atoms with van der Waals surface area (Å²) in [7, 11) is 1.84. The fourth-order valence-electron chi connectivity index (χ4n) is 6.31. The van der Waals surface area contributed by atoms with E-state index < -0.39 is 11.0 Å². The lowest BCUT2D eigenvalue weighted by atomic mass is 9.79. The van der Waals surface area contributed by atoms with Gasteiger partial charge >= 0.3 is 0 Å². The van der Waals surface area contributed by atoms with Gasteiger partial charge in [-0.15, -0.1) is 0 Å². The molecule has 1 aromatic heterocycles. The third-order valence-electron chi connectivity index (χ3n) is 8.43. The summed E-state index contributed by atoms with van der Waals surface area (Å²) in [6, 6.07) is 17.8. The van der Waals surface area contributed by atoms with E-state index in [1.54, 1.807) is 17.3 Å². The SMILES string of the molecule is CN(C/C=C/c1ccc2c(c1)C[C@@]1(C2)C(=O)Nc2ncccc21)C(=O)C1(N=Cc2ccccc2Cl)CCCC1. The largest absolute Gasteiger partial charge is 0.340 e. The number of rotatable bonds is 6. The Balaban J connectivity index is 1.14. The molecular weight excluding hydrogens is 508 g/mol. The Morgan fingerprint density at radius 1 is 1.10 bits per heavy atom. The highest BCUT2D eigenvalue weighted by Crippen LogP contribution is 2.46. The van der Waals surface area contributed by atoms with Gasteiger partial charge in [0.05, 0.1) is 5.41 Å². The fraction of sp³-hybridized carbons (Fsp3) is 0.312. The summed E-state index contributed by atoms with van der Waals surface area (Å²) in [6.45, 7) is 0.491. The van der Waals surface area contributed by atoms with Crippen LogP contribution in [0.15, 0.2) is 71.9 Å². The van der Waals surface area contributed by atoms with Crippen molar-refractivity contribution < 1.29 is 9.59 Å². The molecule has 1 fully saturated rings. The van der Waals surface area contributed by atoms with Crippen LogP contribution in [0.2, 0.25) is 5.02 Å². The number of pyridine rings is 1. The van der Waals surface area contributed by atoms with Gasteiger partial charge in [0.2, 0.25) is 11.8 Å². The van der Waals surface area contributed by atoms with Crippen LogP contribution in [0.5, 0.6) is 0 Å². The number of halogens is 1. The van der Waals surface area contributed by atoms with Gasteiger partial charge in [-0.1, -0.05) is 79.1 Å². The second kappa shape index (κ2) is 10.1. The maximum absolute atomic E-state index is 13.5. The van der Waals surface area contributed by atoms with E-state index in [0.717, 1.165) is 42.4 Å². The van der Waals surface area contributed by atoms with Gasteiger partial charge in [0.25, 0.3) is 0 Å². The second-order valence-corrected chi connectivity index (χ2v) is 11.3. The van der Waals surface area contributed by atoms with Crippen molar-refractivity contribution in [3.05, 3.63) is 99.7 Å². The summed E-state index contributed by atoms with van der Waals surface area (Å²) >= 11 is 6.31. The molecule has 1 saturated carbocycles. The molecule has 2 aromatic carbocycles. The standard InChI is InChI=1S/C32H31ClN4O2/c1-37(30(39)32(14-4-5-15-32)35-21-24-9-2-3-11-27(24)33)17-7-8-22-12-13-23-19-31(20-25(23)18-22)26-10-6-16-34-28(26)36-29(31)38/h2-3,6-13,16,18,21H,4-5,14-15,17,19-20H2,1H3,(H,34,36,38)/b8-7+,35-21?/t31-/m1/s1. The predicted octanol–water partition coefficient (Wildman–Crippen LogP) is 5.63. The van der Waals surface area contributed by atoms with E-state index in [2.05, 4.69) is 28.5 Å². The summed E-state index contributed by atoms with van der Waals surface area (Å²) in [5.74, 6) is 0.755. The average Bonchev–Trinajstić information content (AvgIpc) is 3.64. The van der Waals surface area contributed by atoms with Crippen molar-refractivity contribution in [2.24, 2.45) is 4.99 Å². The highest BCUT2D eigenvalue weighted by molar-refractivity contribution is 6.33. The first kappa shape index (κ1) is 25.5. The zero-order valence-corrected chi connectivity index (χ0v) is 22.7. The van der Waals surface area contributed by atoms with Gasteiger partial charge in [0.1, 0.15) is 11.4 Å². The minimum atomic E-state index is -0.726. The maximum atomic E-state index is 13.5. The third kappa shape index (κ3) is 4.57. The van der Waals surface area contributed by atoms with E-state index >= 15 is 0 Å². The molecular formula is C32H31ClN4O2. The summed E-state index contributed by atoms with van der Waals surface area (Å²) in [5, 5.41) is 3.60. The monoisotopic (exact) mass is 538 g/mol.